The van der Waals surface area contributed by atoms with Crippen molar-refractivity contribution in [1.29, 1.82) is 0 Å². The molecule has 0 saturated carbocycles. The number of hydrogen-bond donors (Lipinski definition) is 0. The second-order valence-electron chi connectivity index (χ2n) is 0. The minimum atomic E-state index is 0. The van der Waals surface area contributed by atoms with Crippen molar-refractivity contribution in [2.75, 3.05) is 0 Å². The summed E-state index contributed by atoms with van der Waals surface area (Å²) in [6.07, 6.45) is 0. The molecule has 1 nitrogen and oxygen atoms in total. The van der Waals surface area contributed by atoms with Crippen LogP contribution in [0.2, 0.25) is 0 Å². The van der Waals surface area contributed by atoms with Gasteiger partial charge in [-0.1, -0.05) is 0 Å². The summed E-state index contributed by atoms with van der Waals surface area (Å²) in [7, 11) is 0. The number of rotatable bonds is 0. The first kappa shape index (κ1) is 15.7. The third-order valence-electron chi connectivity index (χ3n) is 0. The normalized spacial score (nSPS) is 0.750. The van der Waals surface area contributed by atoms with E-state index in [0.29, 0.717) is 21.0 Å². The van der Waals surface area contributed by atoms with E-state index in [1.807, 2.05) is 0 Å². The fourth-order valence-electron chi connectivity index (χ4n) is 0. The third kappa shape index (κ3) is 8.92. The number of hydrogen-bond acceptors (Lipinski definition) is 1. The predicted octanol–water partition coefficient (Wildman–Crippen LogP) is -3.92. The molecule has 0 aromatic rings. The van der Waals surface area contributed by atoms with Crippen molar-refractivity contribution >= 4 is 27.3 Å². The average Bonchev–Trinajstić information content (AvgIpc) is 1.00. The van der Waals surface area contributed by atoms with Gasteiger partial charge in [0.05, 0.1) is 0 Å². The summed E-state index contributed by atoms with van der Waals surface area (Å²) in [5.41, 5.74) is 0. The van der Waals surface area contributed by atoms with Gasteiger partial charge >= 0.3 is 103 Å². The summed E-state index contributed by atoms with van der Waals surface area (Å²) in [6.45, 7) is 0. The van der Waals surface area contributed by atoms with Gasteiger partial charge in [-0.3, -0.25) is 0 Å². The van der Waals surface area contributed by atoms with Crippen molar-refractivity contribution in [3.63, 3.8) is 0 Å². The molecule has 0 aromatic heterocycles. The molecule has 0 bridgehead atoms. The van der Waals surface area contributed by atoms with E-state index in [2.05, 4.69) is 0 Å². The topological polar surface area (TPSA) is 17.1 Å². The Labute approximate surface area is 102 Å². The van der Waals surface area contributed by atoms with Crippen molar-refractivity contribution < 1.29 is 77.1 Å². The van der Waals surface area contributed by atoms with Crippen molar-refractivity contribution in [3.8, 4) is 0 Å². The van der Waals surface area contributed by atoms with Crippen LogP contribution in [0.4, 0.5) is 0 Å². The predicted molar refractivity (Wildman–Crippen MR) is 10.3 cm³/mol. The second-order valence-corrected chi connectivity index (χ2v) is 0. The Kier molecular flexibility index (Phi) is 64.9. The van der Waals surface area contributed by atoms with Crippen LogP contribution in [0, 0.1) is 0 Å². The van der Waals surface area contributed by atoms with Gasteiger partial charge in [-0.25, -0.2) is 0 Å². The molecule has 19 valence electrons. The first-order valence-corrected chi connectivity index (χ1v) is 1.08. The van der Waals surface area contributed by atoms with Crippen LogP contribution in [0.3, 0.4) is 0 Å². The van der Waals surface area contributed by atoms with E-state index in [1.54, 1.807) is 0 Å². The van der Waals surface area contributed by atoms with Crippen LogP contribution in [0.25, 0.3) is 0 Å². The molecule has 0 aliphatic rings. The molecule has 0 aliphatic carbocycles. The van der Waals surface area contributed by atoms with Crippen molar-refractivity contribution in [2.24, 2.45) is 0 Å². The summed E-state index contributed by atoms with van der Waals surface area (Å²) in [4.78, 5) is 0. The molecule has 0 rings (SSSR count). The van der Waals surface area contributed by atoms with Crippen molar-refractivity contribution in [1.82, 2.24) is 0 Å². The SMILES string of the molecule is [H-].[K+].[O]=[Nb].[PbH2]. The Balaban J connectivity index is -0.00000000167. The molecule has 0 aromatic carbocycles. The van der Waals surface area contributed by atoms with E-state index < -0.39 is 0 Å². The monoisotopic (exact) mass is 359 g/mol. The van der Waals surface area contributed by atoms with E-state index in [1.165, 1.54) is 0 Å². The zero-order valence-electron chi connectivity index (χ0n) is 3.56. The molecule has 0 fully saturated rings. The van der Waals surface area contributed by atoms with E-state index in [9.17, 15) is 0 Å². The fourth-order valence-corrected chi connectivity index (χ4v) is 0. The minimum absolute atomic E-state index is 0. The maximum absolute atomic E-state index is 8.30. The second kappa shape index (κ2) is 16.5. The van der Waals surface area contributed by atoms with E-state index >= 15 is 0 Å². The molecule has 4 heavy (non-hydrogen) atoms. The van der Waals surface area contributed by atoms with Gasteiger partial charge in [-0.05, 0) is 0 Å². The van der Waals surface area contributed by atoms with E-state index in [4.69, 9.17) is 3.25 Å². The maximum atomic E-state index is 8.30. The average molecular weight is 358 g/mol. The molecule has 0 N–H and O–H groups in total. The van der Waals surface area contributed by atoms with Gasteiger partial charge in [-0.15, -0.1) is 0 Å². The zero-order chi connectivity index (χ0) is 2.00. The Bertz CT molecular complexity index is 11.6. The summed E-state index contributed by atoms with van der Waals surface area (Å²) in [5, 5.41) is 0. The molecule has 0 aliphatic heterocycles. The Morgan fingerprint density at radius 1 is 1.50 bits per heavy atom. The van der Waals surface area contributed by atoms with Crippen LogP contribution in [-0.4, -0.2) is 27.3 Å². The molecule has 0 atom stereocenters. The van der Waals surface area contributed by atoms with Crippen LogP contribution in [0.5, 0.6) is 0 Å². The van der Waals surface area contributed by atoms with Gasteiger partial charge in [0, 0.05) is 0 Å². The molecule has 0 amide bonds. The quantitative estimate of drug-likeness (QED) is 0.405. The first-order chi connectivity index (χ1) is 1.00. The Morgan fingerprint density at radius 3 is 1.50 bits per heavy atom. The Morgan fingerprint density at radius 2 is 1.50 bits per heavy atom. The van der Waals surface area contributed by atoms with Gasteiger partial charge in [0.1, 0.15) is 0 Å². The molecule has 4 heteroatoms. The van der Waals surface area contributed by atoms with Gasteiger partial charge < -0.3 is 1.43 Å². The van der Waals surface area contributed by atoms with Crippen LogP contribution in [0.15, 0.2) is 0 Å². The van der Waals surface area contributed by atoms with E-state index in [0.717, 1.165) is 0 Å². The summed E-state index contributed by atoms with van der Waals surface area (Å²) in [6, 6.07) is 0. The first-order valence-electron chi connectivity index (χ1n) is 0.183. The van der Waals surface area contributed by atoms with Crippen LogP contribution in [-0.2, 0) is 24.3 Å². The Hall–Kier alpha value is 3.10. The summed E-state index contributed by atoms with van der Waals surface area (Å²) in [5.74, 6) is 0. The van der Waals surface area contributed by atoms with Gasteiger partial charge in [0.2, 0.25) is 0 Å². The van der Waals surface area contributed by atoms with Crippen LogP contribution >= 0.6 is 0 Å². The van der Waals surface area contributed by atoms with Crippen LogP contribution in [0.1, 0.15) is 1.43 Å². The molecule has 0 spiro atoms. The third-order valence-corrected chi connectivity index (χ3v) is 0. The molecule has 0 saturated heterocycles. The fraction of sp³-hybridized carbons (Fsp3) is 0. The standard InChI is InChI=1S/K.Nb.O.Pb.3H/q+1;;;;;;-1. The zero-order valence-corrected chi connectivity index (χ0v) is 13.4. The summed E-state index contributed by atoms with van der Waals surface area (Å²) >= 11 is 0.500. The van der Waals surface area contributed by atoms with Crippen molar-refractivity contribution in [2.45, 2.75) is 0 Å². The molecule has 0 heterocycles. The molecule has 0 unspecified atom stereocenters. The van der Waals surface area contributed by atoms with Crippen LogP contribution < -0.4 is 51.4 Å². The van der Waals surface area contributed by atoms with Gasteiger partial charge in [0.25, 0.3) is 0 Å². The van der Waals surface area contributed by atoms with E-state index in [-0.39, 0.29) is 80.1 Å². The molecular formula is H3KNbOPb. The molecule has 2 radical (unpaired) electrons. The van der Waals surface area contributed by atoms with Gasteiger partial charge in [-0.2, -0.15) is 0 Å². The van der Waals surface area contributed by atoms with Crippen molar-refractivity contribution in [3.05, 3.63) is 0 Å². The molecular weight excluding hydrogens is 355 g/mol. The van der Waals surface area contributed by atoms with Gasteiger partial charge in [0.15, 0.2) is 0 Å². The summed E-state index contributed by atoms with van der Waals surface area (Å²) < 4.78 is 8.30.